The maximum absolute atomic E-state index is 12.6. The molecular formula is C20H21N3O. The van der Waals surface area contributed by atoms with Gasteiger partial charge in [0.2, 0.25) is 0 Å². The first-order valence-electron chi connectivity index (χ1n) is 8.16. The second-order valence-corrected chi connectivity index (χ2v) is 5.98. The van der Waals surface area contributed by atoms with Crippen LogP contribution in [-0.2, 0) is 0 Å². The first kappa shape index (κ1) is 16.1. The SMILES string of the molecule is NC[C@@H]1CCCN1C(=O)c1ccc(C#Cc2ccc(N)cc2)cc1. The number of likely N-dealkylation sites (tertiary alicyclic amines) is 1. The fraction of sp³-hybridized carbons (Fsp3) is 0.250. The summed E-state index contributed by atoms with van der Waals surface area (Å²) in [6.07, 6.45) is 2.02. The molecule has 0 saturated carbocycles. The van der Waals surface area contributed by atoms with Crippen LogP contribution in [0, 0.1) is 11.8 Å². The number of nitrogens with zero attached hydrogens (tertiary/aromatic N) is 1. The summed E-state index contributed by atoms with van der Waals surface area (Å²) in [6, 6.07) is 15.0. The van der Waals surface area contributed by atoms with Crippen molar-refractivity contribution in [2.24, 2.45) is 5.73 Å². The zero-order valence-corrected chi connectivity index (χ0v) is 13.5. The average Bonchev–Trinajstić information content (AvgIpc) is 3.10. The van der Waals surface area contributed by atoms with E-state index in [9.17, 15) is 4.79 Å². The molecule has 1 fully saturated rings. The summed E-state index contributed by atoms with van der Waals surface area (Å²) in [6.45, 7) is 1.32. The van der Waals surface area contributed by atoms with E-state index in [0.717, 1.165) is 36.2 Å². The molecule has 0 radical (unpaired) electrons. The predicted octanol–water partition coefficient (Wildman–Crippen LogP) is 2.23. The average molecular weight is 319 g/mol. The van der Waals surface area contributed by atoms with Gasteiger partial charge in [0.1, 0.15) is 0 Å². The van der Waals surface area contributed by atoms with Crippen LogP contribution in [0.25, 0.3) is 0 Å². The highest BCUT2D eigenvalue weighted by atomic mass is 16.2. The van der Waals surface area contributed by atoms with Gasteiger partial charge in [0.25, 0.3) is 5.91 Å². The van der Waals surface area contributed by atoms with Gasteiger partial charge in [-0.3, -0.25) is 4.79 Å². The summed E-state index contributed by atoms with van der Waals surface area (Å²) in [5, 5.41) is 0. The summed E-state index contributed by atoms with van der Waals surface area (Å²) in [5.74, 6) is 6.25. The van der Waals surface area contributed by atoms with Gasteiger partial charge in [0, 0.05) is 41.5 Å². The lowest BCUT2D eigenvalue weighted by molar-refractivity contribution is 0.0741. The monoisotopic (exact) mass is 319 g/mol. The summed E-state index contributed by atoms with van der Waals surface area (Å²) in [4.78, 5) is 14.4. The minimum absolute atomic E-state index is 0.0565. The number of hydrogen-bond donors (Lipinski definition) is 2. The van der Waals surface area contributed by atoms with Crippen molar-refractivity contribution in [3.05, 3.63) is 65.2 Å². The third-order valence-corrected chi connectivity index (χ3v) is 4.30. The van der Waals surface area contributed by atoms with Crippen molar-refractivity contribution in [1.82, 2.24) is 4.90 Å². The molecule has 0 spiro atoms. The molecule has 0 unspecified atom stereocenters. The molecule has 1 aliphatic heterocycles. The number of anilines is 1. The van der Waals surface area contributed by atoms with Gasteiger partial charge in [-0.2, -0.15) is 0 Å². The number of nitrogen functional groups attached to an aromatic ring is 1. The van der Waals surface area contributed by atoms with E-state index in [0.29, 0.717) is 12.1 Å². The Morgan fingerprint density at radius 2 is 1.62 bits per heavy atom. The number of carbonyl (C=O) groups is 1. The Bertz CT molecular complexity index is 769. The van der Waals surface area contributed by atoms with Crippen LogP contribution in [0.1, 0.15) is 34.3 Å². The van der Waals surface area contributed by atoms with Crippen molar-refractivity contribution >= 4 is 11.6 Å². The lowest BCUT2D eigenvalue weighted by atomic mass is 10.1. The molecule has 4 heteroatoms. The molecule has 0 aromatic heterocycles. The molecule has 4 N–H and O–H groups in total. The number of rotatable bonds is 2. The minimum Gasteiger partial charge on any atom is -0.399 e. The molecule has 2 aromatic rings. The van der Waals surface area contributed by atoms with Gasteiger partial charge in [-0.1, -0.05) is 11.8 Å². The van der Waals surface area contributed by atoms with Crippen LogP contribution in [0.2, 0.25) is 0 Å². The van der Waals surface area contributed by atoms with E-state index in [-0.39, 0.29) is 11.9 Å². The molecule has 1 aliphatic rings. The highest BCUT2D eigenvalue weighted by molar-refractivity contribution is 5.94. The summed E-state index contributed by atoms with van der Waals surface area (Å²) < 4.78 is 0. The summed E-state index contributed by atoms with van der Waals surface area (Å²) in [7, 11) is 0. The number of hydrogen-bond acceptors (Lipinski definition) is 3. The first-order valence-corrected chi connectivity index (χ1v) is 8.16. The lowest BCUT2D eigenvalue weighted by Crippen LogP contribution is -2.39. The summed E-state index contributed by atoms with van der Waals surface area (Å²) >= 11 is 0. The number of amides is 1. The summed E-state index contributed by atoms with van der Waals surface area (Å²) in [5.41, 5.74) is 14.6. The molecule has 1 atom stereocenters. The van der Waals surface area contributed by atoms with Crippen molar-refractivity contribution in [2.45, 2.75) is 18.9 Å². The zero-order chi connectivity index (χ0) is 16.9. The lowest BCUT2D eigenvalue weighted by Gasteiger charge is -2.23. The molecule has 3 rings (SSSR count). The van der Waals surface area contributed by atoms with Crippen LogP contribution < -0.4 is 11.5 Å². The molecule has 0 bridgehead atoms. The van der Waals surface area contributed by atoms with Crippen LogP contribution in [0.4, 0.5) is 5.69 Å². The number of carbonyl (C=O) groups excluding carboxylic acids is 1. The van der Waals surface area contributed by atoms with Crippen LogP contribution in [0.3, 0.4) is 0 Å². The molecule has 1 heterocycles. The Labute approximate surface area is 142 Å². The Kier molecular flexibility index (Phi) is 4.83. The van der Waals surface area contributed by atoms with E-state index in [4.69, 9.17) is 11.5 Å². The van der Waals surface area contributed by atoms with Crippen molar-refractivity contribution in [3.63, 3.8) is 0 Å². The molecule has 4 nitrogen and oxygen atoms in total. The van der Waals surface area contributed by atoms with Gasteiger partial charge in [-0.15, -0.1) is 0 Å². The Hall–Kier alpha value is -2.77. The highest BCUT2D eigenvalue weighted by Gasteiger charge is 2.28. The van der Waals surface area contributed by atoms with Crippen molar-refractivity contribution < 1.29 is 4.79 Å². The minimum atomic E-state index is 0.0565. The normalized spacial score (nSPS) is 16.5. The predicted molar refractivity (Wildman–Crippen MR) is 96.4 cm³/mol. The third kappa shape index (κ3) is 3.58. The molecule has 122 valence electrons. The van der Waals surface area contributed by atoms with Crippen molar-refractivity contribution in [3.8, 4) is 11.8 Å². The Morgan fingerprint density at radius 3 is 2.21 bits per heavy atom. The highest BCUT2D eigenvalue weighted by Crippen LogP contribution is 2.19. The Morgan fingerprint density at radius 1 is 1.04 bits per heavy atom. The number of nitrogens with two attached hydrogens (primary N) is 2. The zero-order valence-electron chi connectivity index (χ0n) is 13.5. The maximum Gasteiger partial charge on any atom is 0.254 e. The van der Waals surface area contributed by atoms with E-state index in [2.05, 4.69) is 11.8 Å². The van der Waals surface area contributed by atoms with Gasteiger partial charge in [0.05, 0.1) is 0 Å². The standard InChI is InChI=1S/C20H21N3O/c21-14-19-2-1-13-23(19)20(24)17-9-5-15(6-10-17)3-4-16-7-11-18(22)12-8-16/h5-12,19H,1-2,13-14,21-22H2/t19-/m0/s1. The van der Waals surface area contributed by atoms with Crippen LogP contribution >= 0.6 is 0 Å². The smallest absolute Gasteiger partial charge is 0.254 e. The van der Waals surface area contributed by atoms with E-state index in [1.54, 1.807) is 0 Å². The molecular weight excluding hydrogens is 298 g/mol. The van der Waals surface area contributed by atoms with Gasteiger partial charge in [-0.25, -0.2) is 0 Å². The van der Waals surface area contributed by atoms with Crippen molar-refractivity contribution in [1.29, 1.82) is 0 Å². The van der Waals surface area contributed by atoms with Gasteiger partial charge >= 0.3 is 0 Å². The van der Waals surface area contributed by atoms with Crippen LogP contribution in [-0.4, -0.2) is 29.9 Å². The molecule has 2 aromatic carbocycles. The van der Waals surface area contributed by atoms with E-state index >= 15 is 0 Å². The first-order chi connectivity index (χ1) is 11.7. The number of benzene rings is 2. The second kappa shape index (κ2) is 7.20. The maximum atomic E-state index is 12.6. The largest absolute Gasteiger partial charge is 0.399 e. The second-order valence-electron chi connectivity index (χ2n) is 5.98. The molecule has 24 heavy (non-hydrogen) atoms. The quantitative estimate of drug-likeness (QED) is 0.658. The van der Waals surface area contributed by atoms with E-state index in [1.165, 1.54) is 0 Å². The van der Waals surface area contributed by atoms with Crippen LogP contribution in [0.15, 0.2) is 48.5 Å². The van der Waals surface area contributed by atoms with E-state index in [1.807, 2.05) is 53.4 Å². The third-order valence-electron chi connectivity index (χ3n) is 4.30. The van der Waals surface area contributed by atoms with E-state index < -0.39 is 0 Å². The molecule has 1 saturated heterocycles. The van der Waals surface area contributed by atoms with Gasteiger partial charge < -0.3 is 16.4 Å². The molecule has 0 aliphatic carbocycles. The fourth-order valence-corrected chi connectivity index (χ4v) is 2.92. The van der Waals surface area contributed by atoms with Crippen LogP contribution in [0.5, 0.6) is 0 Å². The topological polar surface area (TPSA) is 72.3 Å². The van der Waals surface area contributed by atoms with Gasteiger partial charge in [0.15, 0.2) is 0 Å². The Balaban J connectivity index is 1.72. The molecule has 1 amide bonds. The van der Waals surface area contributed by atoms with Crippen molar-refractivity contribution in [2.75, 3.05) is 18.8 Å². The van der Waals surface area contributed by atoms with Gasteiger partial charge in [-0.05, 0) is 61.4 Å². The fourth-order valence-electron chi connectivity index (χ4n) is 2.92.